The molecule has 0 N–H and O–H groups in total. The van der Waals surface area contributed by atoms with Crippen LogP contribution in [0.3, 0.4) is 0 Å². The summed E-state index contributed by atoms with van der Waals surface area (Å²) in [6.45, 7) is 2.51. The Morgan fingerprint density at radius 3 is 2.37 bits per heavy atom. The van der Waals surface area contributed by atoms with Gasteiger partial charge >= 0.3 is 0 Å². The lowest BCUT2D eigenvalue weighted by molar-refractivity contribution is -0.130. The lowest BCUT2D eigenvalue weighted by Gasteiger charge is -2.22. The van der Waals surface area contributed by atoms with E-state index in [1.165, 1.54) is 0 Å². The summed E-state index contributed by atoms with van der Waals surface area (Å²) >= 11 is 1.61. The molecule has 0 radical (unpaired) electrons. The number of amides is 1. The van der Waals surface area contributed by atoms with Crippen LogP contribution in [0.1, 0.15) is 34.2 Å². The van der Waals surface area contributed by atoms with Gasteiger partial charge in [-0.2, -0.15) is 0 Å². The molecule has 0 aliphatic rings. The van der Waals surface area contributed by atoms with Crippen molar-refractivity contribution in [2.75, 3.05) is 14.2 Å². The van der Waals surface area contributed by atoms with E-state index in [4.69, 9.17) is 4.74 Å². The first-order valence-electron chi connectivity index (χ1n) is 8.90. The number of aryl methyl sites for hydroxylation is 1. The number of methoxy groups -OCH3 is 1. The van der Waals surface area contributed by atoms with Crippen LogP contribution in [0.4, 0.5) is 0 Å². The maximum Gasteiger partial charge on any atom is 0.223 e. The Hall–Kier alpha value is -2.66. The van der Waals surface area contributed by atoms with E-state index >= 15 is 0 Å². The summed E-state index contributed by atoms with van der Waals surface area (Å²) in [4.78, 5) is 19.1. The molecule has 0 saturated heterocycles. The third-order valence-electron chi connectivity index (χ3n) is 4.59. The fourth-order valence-corrected chi connectivity index (χ4v) is 3.70. The third-order valence-corrected chi connectivity index (χ3v) is 5.41. The van der Waals surface area contributed by atoms with Gasteiger partial charge in [0.25, 0.3) is 0 Å². The highest BCUT2D eigenvalue weighted by Crippen LogP contribution is 2.30. The summed E-state index contributed by atoms with van der Waals surface area (Å²) < 4.78 is 5.26. The molecule has 0 fully saturated rings. The largest absolute Gasteiger partial charge is 0.497 e. The van der Waals surface area contributed by atoms with E-state index in [1.54, 1.807) is 23.3 Å². The molecule has 140 valence electrons. The first-order valence-corrected chi connectivity index (χ1v) is 9.78. The van der Waals surface area contributed by atoms with Gasteiger partial charge in [0.1, 0.15) is 5.75 Å². The van der Waals surface area contributed by atoms with Crippen molar-refractivity contribution in [2.24, 2.45) is 0 Å². The van der Waals surface area contributed by atoms with Crippen molar-refractivity contribution in [1.82, 2.24) is 9.88 Å². The fraction of sp³-hybridized carbons (Fsp3) is 0.273. The highest BCUT2D eigenvalue weighted by atomic mass is 32.1. The van der Waals surface area contributed by atoms with E-state index in [0.717, 1.165) is 27.6 Å². The van der Waals surface area contributed by atoms with Crippen LogP contribution >= 0.6 is 11.3 Å². The van der Waals surface area contributed by atoms with Crippen molar-refractivity contribution in [2.45, 2.75) is 25.8 Å². The smallest absolute Gasteiger partial charge is 0.223 e. The maximum absolute atomic E-state index is 12.9. The summed E-state index contributed by atoms with van der Waals surface area (Å²) in [6.07, 6.45) is 0.413. The monoisotopic (exact) mass is 380 g/mol. The third kappa shape index (κ3) is 4.95. The summed E-state index contributed by atoms with van der Waals surface area (Å²) in [5.74, 6) is 0.919. The number of benzene rings is 2. The van der Waals surface area contributed by atoms with Crippen LogP contribution in [0.15, 0.2) is 60.0 Å². The van der Waals surface area contributed by atoms with Crippen molar-refractivity contribution in [3.63, 3.8) is 0 Å². The number of hydrogen-bond donors (Lipinski definition) is 0. The molecule has 0 unspecified atom stereocenters. The van der Waals surface area contributed by atoms with Gasteiger partial charge in [-0.25, -0.2) is 4.98 Å². The van der Waals surface area contributed by atoms with Crippen LogP contribution in [0.25, 0.3) is 0 Å². The zero-order chi connectivity index (χ0) is 19.2. The van der Waals surface area contributed by atoms with Gasteiger partial charge in [0.2, 0.25) is 5.91 Å². The lowest BCUT2D eigenvalue weighted by Crippen LogP contribution is -2.28. The molecule has 1 heterocycles. The number of ether oxygens (including phenoxy) is 1. The molecule has 0 aliphatic carbocycles. The van der Waals surface area contributed by atoms with Crippen molar-refractivity contribution in [3.8, 4) is 5.75 Å². The minimum absolute atomic E-state index is 0.00391. The normalized spacial score (nSPS) is 11.8. The van der Waals surface area contributed by atoms with Crippen LogP contribution < -0.4 is 4.74 Å². The standard InChI is InChI=1S/C22H24N2O2S/c1-16-23-19(15-27-16)14-24(2)22(25)13-21(17-7-5-4-6-8-17)18-9-11-20(26-3)12-10-18/h4-12,15,21H,13-14H2,1-3H3/t21-/m1/s1. The molecule has 27 heavy (non-hydrogen) atoms. The highest BCUT2D eigenvalue weighted by molar-refractivity contribution is 7.09. The number of rotatable bonds is 7. The molecule has 4 nitrogen and oxygen atoms in total. The Labute approximate surface area is 164 Å². The zero-order valence-corrected chi connectivity index (χ0v) is 16.7. The first kappa shape index (κ1) is 19.1. The lowest BCUT2D eigenvalue weighted by atomic mass is 9.88. The van der Waals surface area contributed by atoms with Crippen molar-refractivity contribution in [1.29, 1.82) is 0 Å². The van der Waals surface area contributed by atoms with E-state index in [1.807, 2.05) is 61.8 Å². The molecule has 1 aromatic heterocycles. The molecule has 1 atom stereocenters. The average molecular weight is 381 g/mol. The van der Waals surface area contributed by atoms with Crippen LogP contribution in [0.2, 0.25) is 0 Å². The van der Waals surface area contributed by atoms with Crippen LogP contribution in [-0.4, -0.2) is 29.9 Å². The van der Waals surface area contributed by atoms with Gasteiger partial charge in [0.15, 0.2) is 0 Å². The fourth-order valence-electron chi connectivity index (χ4n) is 3.09. The summed E-state index contributed by atoms with van der Waals surface area (Å²) in [5, 5.41) is 3.03. The SMILES string of the molecule is COc1ccc([C@H](CC(=O)N(C)Cc2csc(C)n2)c2ccccc2)cc1. The number of hydrogen-bond acceptors (Lipinski definition) is 4. The maximum atomic E-state index is 12.9. The van der Waals surface area contributed by atoms with E-state index in [9.17, 15) is 4.79 Å². The molecule has 3 aromatic rings. The average Bonchev–Trinajstić information content (AvgIpc) is 3.11. The van der Waals surface area contributed by atoms with E-state index < -0.39 is 0 Å². The Morgan fingerprint density at radius 1 is 1.11 bits per heavy atom. The topological polar surface area (TPSA) is 42.4 Å². The molecule has 0 bridgehead atoms. The van der Waals surface area contributed by atoms with Gasteiger partial charge in [-0.15, -0.1) is 11.3 Å². The molecular formula is C22H24N2O2S. The molecule has 3 rings (SSSR count). The molecular weight excluding hydrogens is 356 g/mol. The van der Waals surface area contributed by atoms with Gasteiger partial charge in [-0.3, -0.25) is 4.79 Å². The van der Waals surface area contributed by atoms with E-state index in [2.05, 4.69) is 17.1 Å². The number of thiazole rings is 1. The quantitative estimate of drug-likeness (QED) is 0.600. The summed E-state index contributed by atoms with van der Waals surface area (Å²) in [7, 11) is 3.50. The highest BCUT2D eigenvalue weighted by Gasteiger charge is 2.21. The Balaban J connectivity index is 1.79. The number of carbonyl (C=O) groups is 1. The molecule has 2 aromatic carbocycles. The predicted molar refractivity (Wildman–Crippen MR) is 109 cm³/mol. The van der Waals surface area contributed by atoms with Crippen LogP contribution in [0.5, 0.6) is 5.75 Å². The van der Waals surface area contributed by atoms with E-state index in [0.29, 0.717) is 13.0 Å². The van der Waals surface area contributed by atoms with Gasteiger partial charge in [-0.1, -0.05) is 42.5 Å². The molecule has 5 heteroatoms. The van der Waals surface area contributed by atoms with Crippen molar-refractivity contribution < 1.29 is 9.53 Å². The summed E-state index contributed by atoms with van der Waals surface area (Å²) in [5.41, 5.74) is 3.18. The van der Waals surface area contributed by atoms with Gasteiger partial charge < -0.3 is 9.64 Å². The second kappa shape index (κ2) is 8.82. The van der Waals surface area contributed by atoms with Crippen molar-refractivity contribution in [3.05, 3.63) is 81.8 Å². The van der Waals surface area contributed by atoms with Gasteiger partial charge in [0, 0.05) is 24.8 Å². The zero-order valence-electron chi connectivity index (χ0n) is 15.9. The Morgan fingerprint density at radius 2 is 1.78 bits per heavy atom. The molecule has 0 aliphatic heterocycles. The van der Waals surface area contributed by atoms with Gasteiger partial charge in [-0.05, 0) is 30.2 Å². The Bertz CT molecular complexity index is 875. The number of aromatic nitrogens is 1. The van der Waals surface area contributed by atoms with E-state index in [-0.39, 0.29) is 11.8 Å². The number of nitrogens with zero attached hydrogens (tertiary/aromatic N) is 2. The van der Waals surface area contributed by atoms with Crippen molar-refractivity contribution >= 4 is 17.2 Å². The van der Waals surface area contributed by atoms with Crippen LogP contribution in [-0.2, 0) is 11.3 Å². The van der Waals surface area contributed by atoms with Gasteiger partial charge in [0.05, 0.1) is 24.4 Å². The van der Waals surface area contributed by atoms with Crippen LogP contribution in [0, 0.1) is 6.92 Å². The molecule has 0 spiro atoms. The second-order valence-corrected chi connectivity index (χ2v) is 7.61. The number of carbonyl (C=O) groups excluding carboxylic acids is 1. The Kier molecular flexibility index (Phi) is 6.24. The minimum Gasteiger partial charge on any atom is -0.497 e. The summed E-state index contributed by atoms with van der Waals surface area (Å²) in [6, 6.07) is 18.1. The molecule has 1 amide bonds. The second-order valence-electron chi connectivity index (χ2n) is 6.55. The minimum atomic E-state index is 0.00391. The first-order chi connectivity index (χ1) is 13.1. The predicted octanol–water partition coefficient (Wildman–Crippen LogP) is 4.64. The molecule has 0 saturated carbocycles.